The van der Waals surface area contributed by atoms with Crippen molar-refractivity contribution in [2.45, 2.75) is 39.7 Å². The molecule has 2 rings (SSSR count). The highest BCUT2D eigenvalue weighted by Gasteiger charge is 2.24. The lowest BCUT2D eigenvalue weighted by Gasteiger charge is -2.20. The number of hydrogen-bond donors (Lipinski definition) is 1. The first-order valence-electron chi connectivity index (χ1n) is 6.23. The molecule has 0 aliphatic rings. The van der Waals surface area contributed by atoms with Gasteiger partial charge in [0.2, 0.25) is 0 Å². The van der Waals surface area contributed by atoms with Gasteiger partial charge in [-0.25, -0.2) is 9.07 Å². The third kappa shape index (κ3) is 2.75. The Kier molecular flexibility index (Phi) is 3.30. The number of hydrogen-bond acceptors (Lipinski definition) is 3. The van der Waals surface area contributed by atoms with Crippen molar-refractivity contribution in [3.63, 3.8) is 0 Å². The monoisotopic (exact) mass is 262 g/mol. The van der Waals surface area contributed by atoms with Gasteiger partial charge in [-0.15, -0.1) is 5.10 Å². The van der Waals surface area contributed by atoms with Gasteiger partial charge < -0.3 is 5.73 Å². The molecule has 1 aromatic carbocycles. The van der Waals surface area contributed by atoms with Gasteiger partial charge in [-0.3, -0.25) is 0 Å². The van der Waals surface area contributed by atoms with Crippen LogP contribution in [0.15, 0.2) is 18.2 Å². The molecule has 0 bridgehead atoms. The fourth-order valence-corrected chi connectivity index (χ4v) is 2.18. The maximum atomic E-state index is 13.3. The average Bonchev–Trinajstić information content (AvgIpc) is 2.64. The second-order valence-corrected chi connectivity index (χ2v) is 5.80. The zero-order chi connectivity index (χ0) is 14.2. The largest absolute Gasteiger partial charge is 0.381 e. The summed E-state index contributed by atoms with van der Waals surface area (Å²) in [7, 11) is 0. The fraction of sp³-hybridized carbons (Fsp3) is 0.429. The van der Waals surface area contributed by atoms with Crippen LogP contribution >= 0.6 is 0 Å². The predicted octanol–water partition coefficient (Wildman–Crippen LogP) is 2.65. The van der Waals surface area contributed by atoms with Crippen LogP contribution in [0.3, 0.4) is 0 Å². The molecule has 0 atom stereocenters. The first-order chi connectivity index (χ1) is 8.79. The molecule has 0 saturated heterocycles. The Morgan fingerprint density at radius 3 is 2.63 bits per heavy atom. The third-order valence-electron chi connectivity index (χ3n) is 3.10. The van der Waals surface area contributed by atoms with Gasteiger partial charge in [-0.1, -0.05) is 32.1 Å². The zero-order valence-corrected chi connectivity index (χ0v) is 11.7. The van der Waals surface area contributed by atoms with Crippen LogP contribution in [0.4, 0.5) is 10.2 Å². The molecule has 0 radical (unpaired) electrons. The standard InChI is InChI=1S/C14H19FN4/c1-9-5-6-11(15)7-10(9)8-19-12(14(2,3)4)13(16)17-18-19/h5-7H,8,16H2,1-4H3. The van der Waals surface area contributed by atoms with Gasteiger partial charge >= 0.3 is 0 Å². The van der Waals surface area contributed by atoms with E-state index in [1.807, 2.05) is 6.92 Å². The maximum Gasteiger partial charge on any atom is 0.169 e. The number of rotatable bonds is 2. The number of aromatic nitrogens is 3. The molecule has 2 N–H and O–H groups in total. The van der Waals surface area contributed by atoms with E-state index in [2.05, 4.69) is 31.1 Å². The minimum absolute atomic E-state index is 0.158. The molecule has 5 heteroatoms. The molecule has 102 valence electrons. The second-order valence-electron chi connectivity index (χ2n) is 5.80. The van der Waals surface area contributed by atoms with Crippen LogP contribution in [0.1, 0.15) is 37.6 Å². The van der Waals surface area contributed by atoms with E-state index in [9.17, 15) is 4.39 Å². The lowest BCUT2D eigenvalue weighted by molar-refractivity contribution is 0.501. The van der Waals surface area contributed by atoms with E-state index >= 15 is 0 Å². The molecule has 0 aliphatic carbocycles. The quantitative estimate of drug-likeness (QED) is 0.905. The van der Waals surface area contributed by atoms with Gasteiger partial charge in [0.25, 0.3) is 0 Å². The molecule has 0 unspecified atom stereocenters. The Hall–Kier alpha value is -1.91. The van der Waals surface area contributed by atoms with E-state index in [4.69, 9.17) is 5.73 Å². The van der Waals surface area contributed by atoms with Crippen molar-refractivity contribution in [2.24, 2.45) is 0 Å². The third-order valence-corrected chi connectivity index (χ3v) is 3.10. The van der Waals surface area contributed by atoms with Crippen LogP contribution < -0.4 is 5.73 Å². The Balaban J connectivity index is 2.42. The normalized spacial score (nSPS) is 11.8. The highest BCUT2D eigenvalue weighted by Crippen LogP contribution is 2.26. The molecule has 0 spiro atoms. The summed E-state index contributed by atoms with van der Waals surface area (Å²) in [6, 6.07) is 4.75. The van der Waals surface area contributed by atoms with E-state index in [1.165, 1.54) is 12.1 Å². The number of anilines is 1. The summed E-state index contributed by atoms with van der Waals surface area (Å²) in [5.74, 6) is 0.188. The maximum absolute atomic E-state index is 13.3. The lowest BCUT2D eigenvalue weighted by atomic mass is 9.91. The minimum atomic E-state index is -0.244. The summed E-state index contributed by atoms with van der Waals surface area (Å²) in [6.45, 7) is 8.58. The van der Waals surface area contributed by atoms with Gasteiger partial charge in [0.1, 0.15) is 5.82 Å². The van der Waals surface area contributed by atoms with Gasteiger partial charge in [0.15, 0.2) is 5.82 Å². The molecule has 19 heavy (non-hydrogen) atoms. The Morgan fingerprint density at radius 2 is 2.00 bits per heavy atom. The van der Waals surface area contributed by atoms with Crippen LogP contribution in [0.2, 0.25) is 0 Å². The highest BCUT2D eigenvalue weighted by atomic mass is 19.1. The summed E-state index contributed by atoms with van der Waals surface area (Å²) in [5, 5.41) is 8.00. The van der Waals surface area contributed by atoms with Gasteiger partial charge in [0, 0.05) is 5.41 Å². The summed E-state index contributed by atoms with van der Waals surface area (Å²) >= 11 is 0. The predicted molar refractivity (Wildman–Crippen MR) is 73.4 cm³/mol. The topological polar surface area (TPSA) is 56.7 Å². The van der Waals surface area contributed by atoms with Crippen molar-refractivity contribution >= 4 is 5.82 Å². The van der Waals surface area contributed by atoms with E-state index in [0.717, 1.165) is 16.8 Å². The lowest BCUT2D eigenvalue weighted by Crippen LogP contribution is -2.20. The molecule has 0 fully saturated rings. The molecular formula is C14H19FN4. The summed E-state index contributed by atoms with van der Waals surface area (Å²) in [5.41, 5.74) is 8.50. The molecule has 2 aromatic rings. The van der Waals surface area contributed by atoms with E-state index < -0.39 is 0 Å². The van der Waals surface area contributed by atoms with Crippen LogP contribution in [-0.2, 0) is 12.0 Å². The van der Waals surface area contributed by atoms with Crippen molar-refractivity contribution in [3.05, 3.63) is 40.8 Å². The number of benzene rings is 1. The van der Waals surface area contributed by atoms with Crippen LogP contribution in [-0.4, -0.2) is 15.0 Å². The molecule has 0 aliphatic heterocycles. The number of nitrogens with zero attached hydrogens (tertiary/aromatic N) is 3. The van der Waals surface area contributed by atoms with Gasteiger partial charge in [-0.2, -0.15) is 0 Å². The van der Waals surface area contributed by atoms with Crippen LogP contribution in [0.25, 0.3) is 0 Å². The van der Waals surface area contributed by atoms with Gasteiger partial charge in [-0.05, 0) is 30.2 Å². The Morgan fingerprint density at radius 1 is 1.32 bits per heavy atom. The molecule has 0 saturated carbocycles. The molecule has 0 amide bonds. The zero-order valence-electron chi connectivity index (χ0n) is 11.7. The van der Waals surface area contributed by atoms with Crippen molar-refractivity contribution in [1.29, 1.82) is 0 Å². The molecular weight excluding hydrogens is 243 g/mol. The Labute approximate surface area is 112 Å². The van der Waals surface area contributed by atoms with E-state index in [1.54, 1.807) is 10.7 Å². The van der Waals surface area contributed by atoms with Crippen LogP contribution in [0.5, 0.6) is 0 Å². The van der Waals surface area contributed by atoms with E-state index in [0.29, 0.717) is 12.4 Å². The highest BCUT2D eigenvalue weighted by molar-refractivity contribution is 5.38. The second kappa shape index (κ2) is 4.64. The van der Waals surface area contributed by atoms with Crippen molar-refractivity contribution in [1.82, 2.24) is 15.0 Å². The summed E-state index contributed by atoms with van der Waals surface area (Å²) < 4.78 is 15.1. The van der Waals surface area contributed by atoms with Crippen molar-refractivity contribution in [3.8, 4) is 0 Å². The van der Waals surface area contributed by atoms with Gasteiger partial charge in [0.05, 0.1) is 12.2 Å². The van der Waals surface area contributed by atoms with Crippen molar-refractivity contribution in [2.75, 3.05) is 5.73 Å². The molecule has 4 nitrogen and oxygen atoms in total. The summed E-state index contributed by atoms with van der Waals surface area (Å²) in [6.07, 6.45) is 0. The van der Waals surface area contributed by atoms with Crippen molar-refractivity contribution < 1.29 is 4.39 Å². The number of nitrogens with two attached hydrogens (primary N) is 1. The fourth-order valence-electron chi connectivity index (χ4n) is 2.18. The first-order valence-corrected chi connectivity index (χ1v) is 6.23. The smallest absolute Gasteiger partial charge is 0.169 e. The summed E-state index contributed by atoms with van der Waals surface area (Å²) in [4.78, 5) is 0. The minimum Gasteiger partial charge on any atom is -0.381 e. The first kappa shape index (κ1) is 13.5. The average molecular weight is 262 g/mol. The molecule has 1 heterocycles. The number of nitrogen functional groups attached to an aromatic ring is 1. The SMILES string of the molecule is Cc1ccc(F)cc1Cn1nnc(N)c1C(C)(C)C. The Bertz CT molecular complexity index is 596. The van der Waals surface area contributed by atoms with Crippen LogP contribution in [0, 0.1) is 12.7 Å². The van der Waals surface area contributed by atoms with E-state index in [-0.39, 0.29) is 11.2 Å². The molecule has 1 aromatic heterocycles. The number of aryl methyl sites for hydroxylation is 1. The number of halogens is 1.